The van der Waals surface area contributed by atoms with Crippen molar-refractivity contribution in [3.05, 3.63) is 29.3 Å². The summed E-state index contributed by atoms with van der Waals surface area (Å²) in [7, 11) is 0. The number of carboxylic acid groups (broad SMARTS) is 1. The lowest BCUT2D eigenvalue weighted by Gasteiger charge is -2.12. The average Bonchev–Trinajstić information content (AvgIpc) is 2.61. The number of rotatable bonds is 2. The van der Waals surface area contributed by atoms with Gasteiger partial charge in [0.05, 0.1) is 0 Å². The van der Waals surface area contributed by atoms with Gasteiger partial charge >= 0.3 is 5.97 Å². The van der Waals surface area contributed by atoms with Crippen molar-refractivity contribution in [1.29, 1.82) is 0 Å². The van der Waals surface area contributed by atoms with Crippen LogP contribution in [0, 0.1) is 0 Å². The van der Waals surface area contributed by atoms with Crippen molar-refractivity contribution in [2.75, 3.05) is 0 Å². The van der Waals surface area contributed by atoms with Crippen LogP contribution in [0.1, 0.15) is 23.5 Å². The third-order valence-corrected chi connectivity index (χ3v) is 2.88. The second-order valence-electron chi connectivity index (χ2n) is 3.73. The van der Waals surface area contributed by atoms with Gasteiger partial charge in [-0.15, -0.1) is 0 Å². The minimum atomic E-state index is -1.88. The second-order valence-corrected chi connectivity index (χ2v) is 3.73. The van der Waals surface area contributed by atoms with E-state index in [0.29, 0.717) is 24.0 Å². The van der Waals surface area contributed by atoms with Gasteiger partial charge in [0.1, 0.15) is 5.75 Å². The molecule has 1 aliphatic carbocycles. The van der Waals surface area contributed by atoms with Crippen LogP contribution in [0.4, 0.5) is 4.39 Å². The van der Waals surface area contributed by atoms with Crippen molar-refractivity contribution in [1.82, 2.24) is 0 Å². The number of phenols is 1. The molecule has 15 heavy (non-hydrogen) atoms. The quantitative estimate of drug-likeness (QED) is 0.783. The molecule has 2 rings (SSSR count). The number of benzene rings is 1. The molecule has 2 atom stereocenters. The smallest absolute Gasteiger partial charge is 0.338 e. The maximum atomic E-state index is 13.4. The third-order valence-electron chi connectivity index (χ3n) is 2.88. The predicted molar refractivity (Wildman–Crippen MR) is 51.7 cm³/mol. The van der Waals surface area contributed by atoms with E-state index in [2.05, 4.69) is 0 Å². The molecule has 0 saturated heterocycles. The highest BCUT2D eigenvalue weighted by Crippen LogP contribution is 2.40. The second kappa shape index (κ2) is 3.53. The Kier molecular flexibility index (Phi) is 2.34. The zero-order valence-corrected chi connectivity index (χ0v) is 7.98. The molecule has 1 aromatic carbocycles. The van der Waals surface area contributed by atoms with Crippen LogP contribution in [-0.4, -0.2) is 22.4 Å². The molecule has 0 aromatic heterocycles. The largest absolute Gasteiger partial charge is 0.508 e. The van der Waals surface area contributed by atoms with E-state index >= 15 is 0 Å². The summed E-state index contributed by atoms with van der Waals surface area (Å²) in [6.07, 6.45) is -0.895. The maximum Gasteiger partial charge on any atom is 0.338 e. The Labute approximate surface area is 86.2 Å². The van der Waals surface area contributed by atoms with E-state index in [4.69, 9.17) is 5.11 Å². The normalized spacial score (nSPS) is 21.0. The first-order chi connectivity index (χ1) is 7.11. The summed E-state index contributed by atoms with van der Waals surface area (Å²) in [5.74, 6) is -1.92. The van der Waals surface area contributed by atoms with Gasteiger partial charge in [0, 0.05) is 5.92 Å². The van der Waals surface area contributed by atoms with E-state index in [1.807, 2.05) is 0 Å². The number of carbonyl (C=O) groups is 1. The molecule has 1 aromatic rings. The van der Waals surface area contributed by atoms with Crippen LogP contribution in [0.15, 0.2) is 18.2 Å². The van der Waals surface area contributed by atoms with Gasteiger partial charge in [0.25, 0.3) is 0 Å². The average molecular weight is 210 g/mol. The van der Waals surface area contributed by atoms with Crippen LogP contribution in [0.5, 0.6) is 5.75 Å². The van der Waals surface area contributed by atoms with Gasteiger partial charge in [0.2, 0.25) is 6.17 Å². The summed E-state index contributed by atoms with van der Waals surface area (Å²) in [4.78, 5) is 10.5. The maximum absolute atomic E-state index is 13.4. The summed E-state index contributed by atoms with van der Waals surface area (Å²) >= 11 is 0. The molecular weight excluding hydrogens is 199 g/mol. The monoisotopic (exact) mass is 210 g/mol. The van der Waals surface area contributed by atoms with Crippen LogP contribution in [0.3, 0.4) is 0 Å². The number of phenolic OH excluding ortho intramolecular Hbond substituents is 1. The molecule has 80 valence electrons. The van der Waals surface area contributed by atoms with Crippen LogP contribution >= 0.6 is 0 Å². The fourth-order valence-corrected chi connectivity index (χ4v) is 2.14. The van der Waals surface area contributed by atoms with Crippen molar-refractivity contribution in [2.45, 2.75) is 24.9 Å². The fourth-order valence-electron chi connectivity index (χ4n) is 2.14. The van der Waals surface area contributed by atoms with Crippen LogP contribution in [0.2, 0.25) is 0 Å². The highest BCUT2D eigenvalue weighted by molar-refractivity contribution is 5.74. The minimum absolute atomic E-state index is 0.132. The molecule has 4 heteroatoms. The topological polar surface area (TPSA) is 57.5 Å². The molecule has 2 unspecified atom stereocenters. The molecule has 3 nitrogen and oxygen atoms in total. The van der Waals surface area contributed by atoms with E-state index in [1.54, 1.807) is 12.1 Å². The van der Waals surface area contributed by atoms with Gasteiger partial charge in [-0.2, -0.15) is 0 Å². The number of aliphatic carboxylic acids is 1. The first-order valence-electron chi connectivity index (χ1n) is 4.79. The molecule has 0 saturated carbocycles. The van der Waals surface area contributed by atoms with Gasteiger partial charge in [-0.05, 0) is 30.0 Å². The van der Waals surface area contributed by atoms with Crippen molar-refractivity contribution >= 4 is 5.97 Å². The first kappa shape index (κ1) is 9.96. The third kappa shape index (κ3) is 1.56. The minimum Gasteiger partial charge on any atom is -0.508 e. The van der Waals surface area contributed by atoms with Crippen LogP contribution in [-0.2, 0) is 11.2 Å². The van der Waals surface area contributed by atoms with E-state index in [0.717, 1.165) is 0 Å². The Morgan fingerprint density at radius 2 is 2.27 bits per heavy atom. The molecule has 0 fully saturated rings. The lowest BCUT2D eigenvalue weighted by molar-refractivity contribution is -0.143. The Hall–Kier alpha value is -1.58. The van der Waals surface area contributed by atoms with Gasteiger partial charge in [-0.1, -0.05) is 12.1 Å². The number of carboxylic acids is 1. The molecule has 0 amide bonds. The molecule has 0 heterocycles. The van der Waals surface area contributed by atoms with Gasteiger partial charge < -0.3 is 10.2 Å². The van der Waals surface area contributed by atoms with Crippen molar-refractivity contribution in [3.63, 3.8) is 0 Å². The number of fused-ring (bicyclic) bond motifs is 1. The standard InChI is InChI=1S/C11H11FO3/c12-10(11(14)15)8-5-4-7-6(8)2-1-3-9(7)13/h1-3,8,10,13H,4-5H2,(H,14,15). The van der Waals surface area contributed by atoms with Gasteiger partial charge in [-0.25, -0.2) is 9.18 Å². The highest BCUT2D eigenvalue weighted by Gasteiger charge is 2.35. The summed E-state index contributed by atoms with van der Waals surface area (Å²) < 4.78 is 13.4. The van der Waals surface area contributed by atoms with Crippen LogP contribution in [0.25, 0.3) is 0 Å². The zero-order valence-electron chi connectivity index (χ0n) is 7.98. The van der Waals surface area contributed by atoms with Crippen molar-refractivity contribution < 1.29 is 19.4 Å². The lowest BCUT2D eigenvalue weighted by atomic mass is 9.96. The van der Waals surface area contributed by atoms with Crippen molar-refractivity contribution in [2.24, 2.45) is 0 Å². The van der Waals surface area contributed by atoms with E-state index in [9.17, 15) is 14.3 Å². The van der Waals surface area contributed by atoms with Crippen LogP contribution < -0.4 is 0 Å². The Morgan fingerprint density at radius 3 is 2.93 bits per heavy atom. The lowest BCUT2D eigenvalue weighted by Crippen LogP contribution is -2.21. The van der Waals surface area contributed by atoms with Gasteiger partial charge in [-0.3, -0.25) is 0 Å². The fraction of sp³-hybridized carbons (Fsp3) is 0.364. The number of alkyl halides is 1. The zero-order chi connectivity index (χ0) is 11.0. The molecule has 0 aliphatic heterocycles. The van der Waals surface area contributed by atoms with E-state index in [1.165, 1.54) is 6.07 Å². The van der Waals surface area contributed by atoms with Gasteiger partial charge in [0.15, 0.2) is 0 Å². The summed E-state index contributed by atoms with van der Waals surface area (Å²) in [5, 5.41) is 18.1. The number of hydrogen-bond acceptors (Lipinski definition) is 2. The molecule has 2 N–H and O–H groups in total. The number of halogens is 1. The molecule has 0 bridgehead atoms. The number of aromatic hydroxyl groups is 1. The first-order valence-corrected chi connectivity index (χ1v) is 4.79. The van der Waals surface area contributed by atoms with E-state index in [-0.39, 0.29) is 5.75 Å². The molecular formula is C11H11FO3. The predicted octanol–water partition coefficient (Wildman–Crippen LogP) is 1.84. The van der Waals surface area contributed by atoms with Crippen molar-refractivity contribution in [3.8, 4) is 5.75 Å². The van der Waals surface area contributed by atoms with E-state index < -0.39 is 18.1 Å². The summed E-state index contributed by atoms with van der Waals surface area (Å²) in [5.41, 5.74) is 1.32. The summed E-state index contributed by atoms with van der Waals surface area (Å²) in [6, 6.07) is 4.83. The Balaban J connectivity index is 2.37. The Bertz CT molecular complexity index is 403. The number of hydrogen-bond donors (Lipinski definition) is 2. The highest BCUT2D eigenvalue weighted by atomic mass is 19.1. The molecule has 1 aliphatic rings. The molecule has 0 radical (unpaired) electrons. The molecule has 0 spiro atoms. The SMILES string of the molecule is O=C(O)C(F)C1CCc2c(O)cccc21. The Morgan fingerprint density at radius 1 is 1.53 bits per heavy atom. The summed E-state index contributed by atoms with van der Waals surface area (Å²) in [6.45, 7) is 0.